The van der Waals surface area contributed by atoms with Gasteiger partial charge in [-0.05, 0) is 38.6 Å². The van der Waals surface area contributed by atoms with E-state index in [1.54, 1.807) is 0 Å². The highest BCUT2D eigenvalue weighted by atomic mass is 15.1. The van der Waals surface area contributed by atoms with Crippen LogP contribution in [0.25, 0.3) is 0 Å². The molecule has 90 valence electrons. The molecular weight excluding hydrogens is 184 g/mol. The van der Waals surface area contributed by atoms with Crippen molar-refractivity contribution in [1.29, 1.82) is 0 Å². The van der Waals surface area contributed by atoms with Gasteiger partial charge < -0.3 is 10.2 Å². The molecule has 0 saturated heterocycles. The Morgan fingerprint density at radius 3 is 2.40 bits per heavy atom. The lowest BCUT2D eigenvalue weighted by molar-refractivity contribution is 0.204. The zero-order valence-corrected chi connectivity index (χ0v) is 10.8. The van der Waals surface area contributed by atoms with E-state index in [-0.39, 0.29) is 0 Å². The van der Waals surface area contributed by atoms with Crippen LogP contribution in [-0.4, -0.2) is 37.6 Å². The SMILES string of the molecule is CCC(CC)NCCN(C)CC1CCC1. The van der Waals surface area contributed by atoms with E-state index in [0.29, 0.717) is 0 Å². The van der Waals surface area contributed by atoms with Gasteiger partial charge in [-0.1, -0.05) is 20.3 Å². The van der Waals surface area contributed by atoms with Crippen molar-refractivity contribution in [2.75, 3.05) is 26.7 Å². The summed E-state index contributed by atoms with van der Waals surface area (Å²) in [5.41, 5.74) is 0. The Morgan fingerprint density at radius 2 is 1.93 bits per heavy atom. The lowest BCUT2D eigenvalue weighted by atomic mass is 9.85. The first-order valence-corrected chi connectivity index (χ1v) is 6.68. The molecule has 0 aromatic rings. The van der Waals surface area contributed by atoms with Gasteiger partial charge in [0.15, 0.2) is 0 Å². The Labute approximate surface area is 95.4 Å². The number of rotatable bonds is 8. The third-order valence-corrected chi connectivity index (χ3v) is 3.71. The van der Waals surface area contributed by atoms with Gasteiger partial charge in [0.25, 0.3) is 0 Å². The summed E-state index contributed by atoms with van der Waals surface area (Å²) in [7, 11) is 2.26. The average Bonchev–Trinajstić information content (AvgIpc) is 2.18. The first kappa shape index (κ1) is 13.0. The van der Waals surface area contributed by atoms with Crippen LogP contribution >= 0.6 is 0 Å². The van der Waals surface area contributed by atoms with Gasteiger partial charge in [0.1, 0.15) is 0 Å². The smallest absolute Gasteiger partial charge is 0.0104 e. The summed E-state index contributed by atoms with van der Waals surface area (Å²) in [6.45, 7) is 8.19. The van der Waals surface area contributed by atoms with Crippen molar-refractivity contribution in [1.82, 2.24) is 10.2 Å². The largest absolute Gasteiger partial charge is 0.313 e. The molecule has 1 aliphatic carbocycles. The fourth-order valence-electron chi connectivity index (χ4n) is 2.24. The van der Waals surface area contributed by atoms with E-state index in [4.69, 9.17) is 0 Å². The normalized spacial score (nSPS) is 17.4. The van der Waals surface area contributed by atoms with Gasteiger partial charge >= 0.3 is 0 Å². The first-order valence-electron chi connectivity index (χ1n) is 6.68. The molecule has 1 N–H and O–H groups in total. The third-order valence-electron chi connectivity index (χ3n) is 3.71. The maximum atomic E-state index is 3.62. The maximum absolute atomic E-state index is 3.62. The quantitative estimate of drug-likeness (QED) is 0.665. The Kier molecular flexibility index (Phi) is 6.26. The average molecular weight is 212 g/mol. The lowest BCUT2D eigenvalue weighted by Crippen LogP contribution is -2.37. The third kappa shape index (κ3) is 4.98. The van der Waals surface area contributed by atoms with E-state index in [2.05, 4.69) is 31.1 Å². The molecule has 0 spiro atoms. The van der Waals surface area contributed by atoms with E-state index in [0.717, 1.165) is 18.5 Å². The molecule has 0 atom stereocenters. The number of nitrogens with one attached hydrogen (secondary N) is 1. The van der Waals surface area contributed by atoms with Gasteiger partial charge in [0.05, 0.1) is 0 Å². The summed E-state index contributed by atoms with van der Waals surface area (Å²) in [5, 5.41) is 3.62. The monoisotopic (exact) mass is 212 g/mol. The molecule has 0 aromatic carbocycles. The molecule has 0 aromatic heterocycles. The zero-order valence-electron chi connectivity index (χ0n) is 10.8. The summed E-state index contributed by atoms with van der Waals surface area (Å²) in [6.07, 6.45) is 6.89. The minimum Gasteiger partial charge on any atom is -0.313 e. The van der Waals surface area contributed by atoms with Crippen LogP contribution in [0.4, 0.5) is 0 Å². The van der Waals surface area contributed by atoms with Crippen molar-refractivity contribution in [2.45, 2.75) is 52.0 Å². The van der Waals surface area contributed by atoms with E-state index in [9.17, 15) is 0 Å². The van der Waals surface area contributed by atoms with Crippen LogP contribution in [0.3, 0.4) is 0 Å². The maximum Gasteiger partial charge on any atom is 0.0104 e. The zero-order chi connectivity index (χ0) is 11.1. The van der Waals surface area contributed by atoms with Gasteiger partial charge in [-0.2, -0.15) is 0 Å². The van der Waals surface area contributed by atoms with Gasteiger partial charge in [0, 0.05) is 25.7 Å². The Balaban J connectivity index is 1.97. The predicted octanol–water partition coefficient (Wildman–Crippen LogP) is 2.50. The number of hydrogen-bond acceptors (Lipinski definition) is 2. The molecular formula is C13H28N2. The van der Waals surface area contributed by atoms with Crippen LogP contribution in [0.1, 0.15) is 46.0 Å². The molecule has 0 radical (unpaired) electrons. The summed E-state index contributed by atoms with van der Waals surface area (Å²) in [6, 6.07) is 0.724. The Hall–Kier alpha value is -0.0800. The van der Waals surface area contributed by atoms with Crippen molar-refractivity contribution in [2.24, 2.45) is 5.92 Å². The number of nitrogens with zero attached hydrogens (tertiary/aromatic N) is 1. The topological polar surface area (TPSA) is 15.3 Å². The molecule has 1 fully saturated rings. The first-order chi connectivity index (χ1) is 7.26. The summed E-state index contributed by atoms with van der Waals surface area (Å²) in [5.74, 6) is 1.00. The van der Waals surface area contributed by atoms with Gasteiger partial charge in [-0.15, -0.1) is 0 Å². The van der Waals surface area contributed by atoms with Gasteiger partial charge in [0.2, 0.25) is 0 Å². The fraction of sp³-hybridized carbons (Fsp3) is 1.00. The molecule has 2 nitrogen and oxygen atoms in total. The second-order valence-corrected chi connectivity index (χ2v) is 5.03. The molecule has 0 heterocycles. The minimum absolute atomic E-state index is 0.724. The Morgan fingerprint density at radius 1 is 1.27 bits per heavy atom. The molecule has 15 heavy (non-hydrogen) atoms. The van der Waals surface area contributed by atoms with Crippen LogP contribution in [0.15, 0.2) is 0 Å². The van der Waals surface area contributed by atoms with Crippen LogP contribution in [0.5, 0.6) is 0 Å². The lowest BCUT2D eigenvalue weighted by Gasteiger charge is -2.30. The predicted molar refractivity (Wildman–Crippen MR) is 67.2 cm³/mol. The second-order valence-electron chi connectivity index (χ2n) is 5.03. The standard InChI is InChI=1S/C13H28N2/c1-4-13(5-2)14-9-10-15(3)11-12-7-6-8-12/h12-14H,4-11H2,1-3H3. The molecule has 0 bridgehead atoms. The van der Waals surface area contributed by atoms with Crippen LogP contribution in [0.2, 0.25) is 0 Å². The van der Waals surface area contributed by atoms with Crippen molar-refractivity contribution < 1.29 is 0 Å². The molecule has 2 heteroatoms. The van der Waals surface area contributed by atoms with E-state index in [1.165, 1.54) is 45.2 Å². The summed E-state index contributed by atoms with van der Waals surface area (Å²) >= 11 is 0. The van der Waals surface area contributed by atoms with E-state index in [1.807, 2.05) is 0 Å². The van der Waals surface area contributed by atoms with Crippen molar-refractivity contribution in [3.63, 3.8) is 0 Å². The van der Waals surface area contributed by atoms with E-state index < -0.39 is 0 Å². The highest BCUT2D eigenvalue weighted by molar-refractivity contribution is 4.73. The second kappa shape index (κ2) is 7.24. The minimum atomic E-state index is 0.724. The summed E-state index contributed by atoms with van der Waals surface area (Å²) in [4.78, 5) is 2.49. The van der Waals surface area contributed by atoms with Gasteiger partial charge in [-0.25, -0.2) is 0 Å². The molecule has 1 rings (SSSR count). The molecule has 0 aliphatic heterocycles. The van der Waals surface area contributed by atoms with Crippen molar-refractivity contribution >= 4 is 0 Å². The highest BCUT2D eigenvalue weighted by Crippen LogP contribution is 2.26. The fourth-order valence-corrected chi connectivity index (χ4v) is 2.24. The van der Waals surface area contributed by atoms with Crippen molar-refractivity contribution in [3.05, 3.63) is 0 Å². The highest BCUT2D eigenvalue weighted by Gasteiger charge is 2.18. The molecule has 0 amide bonds. The molecule has 1 saturated carbocycles. The number of likely N-dealkylation sites (N-methyl/N-ethyl adjacent to an activating group) is 1. The van der Waals surface area contributed by atoms with Crippen molar-refractivity contribution in [3.8, 4) is 0 Å². The van der Waals surface area contributed by atoms with Gasteiger partial charge in [-0.3, -0.25) is 0 Å². The summed E-state index contributed by atoms with van der Waals surface area (Å²) < 4.78 is 0. The van der Waals surface area contributed by atoms with Crippen LogP contribution in [-0.2, 0) is 0 Å². The molecule has 0 unspecified atom stereocenters. The van der Waals surface area contributed by atoms with E-state index >= 15 is 0 Å². The number of hydrogen-bond donors (Lipinski definition) is 1. The van der Waals surface area contributed by atoms with Crippen LogP contribution < -0.4 is 5.32 Å². The van der Waals surface area contributed by atoms with Crippen LogP contribution in [0, 0.1) is 5.92 Å². The Bertz CT molecular complexity index is 151. The molecule has 1 aliphatic rings.